The monoisotopic (exact) mass is 283 g/mol. The van der Waals surface area contributed by atoms with E-state index in [9.17, 15) is 0 Å². The van der Waals surface area contributed by atoms with Gasteiger partial charge in [-0.3, -0.25) is 9.58 Å². The number of fused-ring (bicyclic) bond motifs is 1. The van der Waals surface area contributed by atoms with Gasteiger partial charge in [0.2, 0.25) is 0 Å². The van der Waals surface area contributed by atoms with Crippen molar-refractivity contribution in [2.45, 2.75) is 45.2 Å². The third kappa shape index (κ3) is 2.58. The molecule has 21 heavy (non-hydrogen) atoms. The molecule has 0 amide bonds. The maximum Gasteiger partial charge on any atom is 0.131 e. The first-order valence-electron chi connectivity index (χ1n) is 7.75. The van der Waals surface area contributed by atoms with Gasteiger partial charge in [-0.1, -0.05) is 0 Å². The molecule has 2 aliphatic rings. The molecule has 0 spiro atoms. The second-order valence-electron chi connectivity index (χ2n) is 6.35. The quantitative estimate of drug-likeness (QED) is 0.864. The lowest BCUT2D eigenvalue weighted by Crippen LogP contribution is -2.31. The summed E-state index contributed by atoms with van der Waals surface area (Å²) in [5, 5.41) is 4.42. The average Bonchev–Trinajstić information content (AvgIpc) is 3.26. The average molecular weight is 283 g/mol. The molecule has 1 aliphatic heterocycles. The van der Waals surface area contributed by atoms with Gasteiger partial charge in [-0.05, 0) is 19.8 Å². The molecule has 5 heteroatoms. The Bertz CT molecular complexity index is 671. The van der Waals surface area contributed by atoms with Crippen molar-refractivity contribution < 1.29 is 0 Å². The fourth-order valence-electron chi connectivity index (χ4n) is 3.11. The molecule has 2 aromatic heterocycles. The number of aromatic nitrogens is 4. The smallest absolute Gasteiger partial charge is 0.131 e. The van der Waals surface area contributed by atoms with Crippen LogP contribution in [0.2, 0.25) is 0 Å². The lowest BCUT2D eigenvalue weighted by molar-refractivity contribution is 0.242. The molecule has 1 aliphatic carbocycles. The van der Waals surface area contributed by atoms with Gasteiger partial charge in [0, 0.05) is 68.2 Å². The van der Waals surface area contributed by atoms with Gasteiger partial charge in [0.05, 0.1) is 5.69 Å². The van der Waals surface area contributed by atoms with Gasteiger partial charge >= 0.3 is 0 Å². The summed E-state index contributed by atoms with van der Waals surface area (Å²) in [6.07, 6.45) is 7.75. The van der Waals surface area contributed by atoms with Crippen molar-refractivity contribution in [3.63, 3.8) is 0 Å². The van der Waals surface area contributed by atoms with Crippen LogP contribution >= 0.6 is 0 Å². The summed E-state index contributed by atoms with van der Waals surface area (Å²) < 4.78 is 1.90. The molecule has 3 heterocycles. The van der Waals surface area contributed by atoms with E-state index >= 15 is 0 Å². The maximum atomic E-state index is 4.78. The van der Waals surface area contributed by atoms with E-state index in [1.165, 1.54) is 29.7 Å². The molecular weight excluding hydrogens is 262 g/mol. The first-order chi connectivity index (χ1) is 10.2. The van der Waals surface area contributed by atoms with Crippen LogP contribution in [-0.2, 0) is 26.6 Å². The van der Waals surface area contributed by atoms with Crippen LogP contribution in [0, 0.1) is 6.92 Å². The van der Waals surface area contributed by atoms with Gasteiger partial charge in [-0.2, -0.15) is 5.10 Å². The van der Waals surface area contributed by atoms with Crippen LogP contribution in [0.25, 0.3) is 0 Å². The second-order valence-corrected chi connectivity index (χ2v) is 6.35. The second kappa shape index (κ2) is 4.91. The normalized spacial score (nSPS) is 18.8. The fourth-order valence-corrected chi connectivity index (χ4v) is 3.11. The highest BCUT2D eigenvalue weighted by Gasteiger charge is 2.28. The van der Waals surface area contributed by atoms with Crippen LogP contribution < -0.4 is 0 Å². The predicted octanol–water partition coefficient (Wildman–Crippen LogP) is 1.95. The molecule has 0 unspecified atom stereocenters. The molecule has 1 saturated carbocycles. The Labute approximate surface area is 125 Å². The van der Waals surface area contributed by atoms with E-state index < -0.39 is 0 Å². The molecule has 0 atom stereocenters. The van der Waals surface area contributed by atoms with Crippen LogP contribution in [0.1, 0.15) is 47.1 Å². The highest BCUT2D eigenvalue weighted by molar-refractivity contribution is 5.23. The van der Waals surface area contributed by atoms with Gasteiger partial charge < -0.3 is 0 Å². The zero-order chi connectivity index (χ0) is 14.4. The first-order valence-corrected chi connectivity index (χ1v) is 7.75. The van der Waals surface area contributed by atoms with Gasteiger partial charge in [0.25, 0.3) is 0 Å². The van der Waals surface area contributed by atoms with Crippen LogP contribution in [0.5, 0.6) is 0 Å². The third-order valence-corrected chi connectivity index (χ3v) is 4.48. The zero-order valence-electron chi connectivity index (χ0n) is 12.7. The van der Waals surface area contributed by atoms with E-state index in [1.54, 1.807) is 0 Å². The summed E-state index contributed by atoms with van der Waals surface area (Å²) in [6, 6.07) is 0. The first kappa shape index (κ1) is 13.0. The van der Waals surface area contributed by atoms with Crippen LogP contribution in [0.4, 0.5) is 0 Å². The summed E-state index contributed by atoms with van der Waals surface area (Å²) in [6.45, 7) is 5.07. The van der Waals surface area contributed by atoms with E-state index in [4.69, 9.17) is 4.98 Å². The summed E-state index contributed by atoms with van der Waals surface area (Å²) in [4.78, 5) is 11.8. The minimum absolute atomic E-state index is 0.645. The molecule has 5 nitrogen and oxygen atoms in total. The van der Waals surface area contributed by atoms with Crippen LogP contribution in [-0.4, -0.2) is 31.2 Å². The molecule has 2 aromatic rings. The maximum absolute atomic E-state index is 4.78. The van der Waals surface area contributed by atoms with E-state index in [2.05, 4.69) is 34.3 Å². The van der Waals surface area contributed by atoms with Gasteiger partial charge in [-0.25, -0.2) is 9.97 Å². The van der Waals surface area contributed by atoms with Crippen molar-refractivity contribution in [1.29, 1.82) is 0 Å². The number of nitrogens with zero attached hydrogens (tertiary/aromatic N) is 5. The molecule has 0 aromatic carbocycles. The molecule has 0 radical (unpaired) electrons. The highest BCUT2D eigenvalue weighted by Crippen LogP contribution is 2.38. The number of aryl methyl sites for hydroxylation is 2. The van der Waals surface area contributed by atoms with E-state index in [1.807, 2.05) is 11.7 Å². The van der Waals surface area contributed by atoms with Crippen molar-refractivity contribution in [2.75, 3.05) is 6.54 Å². The van der Waals surface area contributed by atoms with Crippen molar-refractivity contribution in [2.24, 2.45) is 7.05 Å². The summed E-state index contributed by atoms with van der Waals surface area (Å²) in [5.74, 6) is 1.72. The van der Waals surface area contributed by atoms with Crippen molar-refractivity contribution in [1.82, 2.24) is 24.6 Å². The number of hydrogen-bond acceptors (Lipinski definition) is 4. The SMILES string of the molecule is Cc1nn(C)cc1CN1CCc2nc(C3CC3)ncc2C1. The standard InChI is InChI=1S/C16H21N5/c1-11-14(8-20(2)19-11)10-21-6-5-15-13(9-21)7-17-16(18-15)12-3-4-12/h7-8,12H,3-6,9-10H2,1-2H3. The van der Waals surface area contributed by atoms with E-state index in [0.29, 0.717) is 5.92 Å². The lowest BCUT2D eigenvalue weighted by atomic mass is 10.1. The lowest BCUT2D eigenvalue weighted by Gasteiger charge is -2.27. The Morgan fingerprint density at radius 3 is 2.90 bits per heavy atom. The predicted molar refractivity (Wildman–Crippen MR) is 79.8 cm³/mol. The van der Waals surface area contributed by atoms with Crippen LogP contribution in [0.15, 0.2) is 12.4 Å². The molecule has 1 fully saturated rings. The van der Waals surface area contributed by atoms with Gasteiger partial charge in [0.15, 0.2) is 0 Å². The topological polar surface area (TPSA) is 46.8 Å². The Kier molecular flexibility index (Phi) is 3.03. The summed E-state index contributed by atoms with van der Waals surface area (Å²) >= 11 is 0. The minimum atomic E-state index is 0.645. The molecule has 0 saturated heterocycles. The van der Waals surface area contributed by atoms with Crippen molar-refractivity contribution >= 4 is 0 Å². The molecule has 110 valence electrons. The Morgan fingerprint density at radius 1 is 1.33 bits per heavy atom. The molecule has 0 N–H and O–H groups in total. The molecular formula is C16H21N5. The molecule has 0 bridgehead atoms. The highest BCUT2D eigenvalue weighted by atomic mass is 15.3. The van der Waals surface area contributed by atoms with E-state index in [0.717, 1.165) is 37.6 Å². The number of rotatable bonds is 3. The van der Waals surface area contributed by atoms with Gasteiger partial charge in [-0.15, -0.1) is 0 Å². The third-order valence-electron chi connectivity index (χ3n) is 4.48. The minimum Gasteiger partial charge on any atom is -0.294 e. The summed E-state index contributed by atoms with van der Waals surface area (Å²) in [5.41, 5.74) is 5.01. The Hall–Kier alpha value is -1.75. The van der Waals surface area contributed by atoms with Crippen LogP contribution in [0.3, 0.4) is 0 Å². The fraction of sp³-hybridized carbons (Fsp3) is 0.562. The Balaban J connectivity index is 1.50. The van der Waals surface area contributed by atoms with Crippen molar-refractivity contribution in [3.8, 4) is 0 Å². The van der Waals surface area contributed by atoms with Gasteiger partial charge in [0.1, 0.15) is 5.82 Å². The largest absolute Gasteiger partial charge is 0.294 e. The zero-order valence-corrected chi connectivity index (χ0v) is 12.7. The number of hydrogen-bond donors (Lipinski definition) is 0. The van der Waals surface area contributed by atoms with Crippen molar-refractivity contribution in [3.05, 3.63) is 40.7 Å². The van der Waals surface area contributed by atoms with E-state index in [-0.39, 0.29) is 0 Å². The Morgan fingerprint density at radius 2 is 2.19 bits per heavy atom. The molecule has 4 rings (SSSR count). The summed E-state index contributed by atoms with van der Waals surface area (Å²) in [7, 11) is 1.98.